The molecule has 0 aliphatic heterocycles. The van der Waals surface area contributed by atoms with E-state index in [-0.39, 0.29) is 17.3 Å². The molecule has 0 unspecified atom stereocenters. The first-order chi connectivity index (χ1) is 18.1. The molecule has 0 saturated heterocycles. The number of rotatable bonds is 11. The van der Waals surface area contributed by atoms with Gasteiger partial charge in [0.2, 0.25) is 11.8 Å². The lowest BCUT2D eigenvalue weighted by Crippen LogP contribution is -2.51. The Hall–Kier alpha value is -3.56. The maximum absolute atomic E-state index is 13.8. The summed E-state index contributed by atoms with van der Waals surface area (Å²) in [7, 11) is -2.61. The maximum atomic E-state index is 13.8. The van der Waals surface area contributed by atoms with Gasteiger partial charge in [0.1, 0.15) is 18.3 Å². The first kappa shape index (κ1) is 29.0. The molecule has 1 N–H and O–H groups in total. The van der Waals surface area contributed by atoms with Crippen LogP contribution >= 0.6 is 11.6 Å². The highest BCUT2D eigenvalue weighted by Crippen LogP contribution is 2.26. The lowest BCUT2D eigenvalue weighted by Gasteiger charge is -2.32. The van der Waals surface area contributed by atoms with Crippen LogP contribution in [0, 0.1) is 6.92 Å². The van der Waals surface area contributed by atoms with E-state index in [0.717, 1.165) is 15.4 Å². The number of likely N-dealkylation sites (N-methyl/N-ethyl adjacent to an activating group) is 1. The van der Waals surface area contributed by atoms with Crippen molar-refractivity contribution in [2.24, 2.45) is 0 Å². The van der Waals surface area contributed by atoms with Gasteiger partial charge in [0.05, 0.1) is 17.7 Å². The number of ether oxygens (including phenoxy) is 1. The molecule has 3 aromatic rings. The zero-order valence-electron chi connectivity index (χ0n) is 21.8. The fourth-order valence-electron chi connectivity index (χ4n) is 3.92. The van der Waals surface area contributed by atoms with Crippen molar-refractivity contribution < 1.29 is 22.7 Å². The van der Waals surface area contributed by atoms with Crippen LogP contribution in [0.25, 0.3) is 0 Å². The number of hydrogen-bond donors (Lipinski definition) is 1. The Balaban J connectivity index is 2.03. The number of methoxy groups -OCH3 is 1. The molecule has 0 aliphatic carbocycles. The summed E-state index contributed by atoms with van der Waals surface area (Å²) in [4.78, 5) is 28.0. The zero-order valence-corrected chi connectivity index (χ0v) is 23.4. The van der Waals surface area contributed by atoms with Gasteiger partial charge in [-0.15, -0.1) is 0 Å². The summed E-state index contributed by atoms with van der Waals surface area (Å²) in [6.45, 7) is 5.21. The van der Waals surface area contributed by atoms with Crippen LogP contribution in [0.3, 0.4) is 0 Å². The van der Waals surface area contributed by atoms with E-state index >= 15 is 0 Å². The smallest absolute Gasteiger partial charge is 0.264 e. The Morgan fingerprint density at radius 1 is 1.03 bits per heavy atom. The lowest BCUT2D eigenvalue weighted by molar-refractivity contribution is -0.139. The largest absolute Gasteiger partial charge is 0.497 e. The second-order valence-electron chi connectivity index (χ2n) is 8.75. The monoisotopic (exact) mass is 557 g/mol. The number of carbonyl (C=O) groups is 2. The number of nitrogens with zero attached hydrogens (tertiary/aromatic N) is 2. The Labute approximate surface area is 229 Å². The normalized spacial score (nSPS) is 11.9. The van der Waals surface area contributed by atoms with Gasteiger partial charge in [-0.25, -0.2) is 8.42 Å². The van der Waals surface area contributed by atoms with Crippen LogP contribution in [0.2, 0.25) is 5.02 Å². The van der Waals surface area contributed by atoms with Gasteiger partial charge in [0.15, 0.2) is 0 Å². The molecule has 0 radical (unpaired) electrons. The molecule has 3 rings (SSSR count). The van der Waals surface area contributed by atoms with Crippen LogP contribution in [0.15, 0.2) is 77.7 Å². The van der Waals surface area contributed by atoms with Gasteiger partial charge in [0, 0.05) is 18.1 Å². The predicted molar refractivity (Wildman–Crippen MR) is 149 cm³/mol. The van der Waals surface area contributed by atoms with E-state index < -0.39 is 28.5 Å². The SMILES string of the molecule is CCNC(=O)[C@@H](C)N(Cc1cccc(OC)c1)C(=O)CN(c1cccc(C)c1)S(=O)(=O)c1ccc(Cl)cc1. The number of hydrogen-bond acceptors (Lipinski definition) is 5. The topological polar surface area (TPSA) is 96.0 Å². The second-order valence-corrected chi connectivity index (χ2v) is 11.0. The van der Waals surface area contributed by atoms with E-state index in [0.29, 0.717) is 23.0 Å². The minimum absolute atomic E-state index is 0.00711. The van der Waals surface area contributed by atoms with E-state index in [1.807, 2.05) is 19.1 Å². The van der Waals surface area contributed by atoms with Crippen molar-refractivity contribution >= 4 is 39.1 Å². The number of benzene rings is 3. The van der Waals surface area contributed by atoms with Gasteiger partial charge in [-0.1, -0.05) is 35.9 Å². The Morgan fingerprint density at radius 2 is 1.71 bits per heavy atom. The molecule has 1 atom stereocenters. The maximum Gasteiger partial charge on any atom is 0.264 e. The first-order valence-corrected chi connectivity index (χ1v) is 13.9. The first-order valence-electron chi connectivity index (χ1n) is 12.1. The van der Waals surface area contributed by atoms with Gasteiger partial charge in [-0.2, -0.15) is 0 Å². The number of carbonyl (C=O) groups excluding carboxylic acids is 2. The number of amides is 2. The highest BCUT2D eigenvalue weighted by atomic mass is 35.5. The summed E-state index contributed by atoms with van der Waals surface area (Å²) in [5, 5.41) is 3.13. The molecule has 3 aromatic carbocycles. The summed E-state index contributed by atoms with van der Waals surface area (Å²) < 4.78 is 33.9. The molecular formula is C28H32ClN3O5S. The fourth-order valence-corrected chi connectivity index (χ4v) is 5.45. The molecule has 0 heterocycles. The summed E-state index contributed by atoms with van der Waals surface area (Å²) in [6.07, 6.45) is 0. The van der Waals surface area contributed by atoms with E-state index in [1.165, 1.54) is 29.2 Å². The molecule has 0 bridgehead atoms. The van der Waals surface area contributed by atoms with Crippen molar-refractivity contribution in [1.82, 2.24) is 10.2 Å². The summed E-state index contributed by atoms with van der Waals surface area (Å²) in [5.74, 6) is -0.274. The molecule has 0 fully saturated rings. The average Bonchev–Trinajstić information content (AvgIpc) is 2.90. The predicted octanol–water partition coefficient (Wildman–Crippen LogP) is 4.41. The minimum Gasteiger partial charge on any atom is -0.497 e. The van der Waals surface area contributed by atoms with E-state index in [1.54, 1.807) is 57.4 Å². The molecular weight excluding hydrogens is 526 g/mol. The van der Waals surface area contributed by atoms with Crippen molar-refractivity contribution in [3.05, 3.63) is 88.9 Å². The minimum atomic E-state index is -4.15. The molecule has 38 heavy (non-hydrogen) atoms. The standard InChI is InChI=1S/C28H32ClN3O5S/c1-5-30-28(34)21(3)31(18-22-9-7-11-25(17-22)37-4)27(33)19-32(24-10-6-8-20(2)16-24)38(35,36)26-14-12-23(29)13-15-26/h6-17,21H,5,18-19H2,1-4H3,(H,30,34)/t21-/m1/s1. The molecule has 0 aromatic heterocycles. The van der Waals surface area contributed by atoms with Crippen molar-refractivity contribution in [2.75, 3.05) is 24.5 Å². The highest BCUT2D eigenvalue weighted by molar-refractivity contribution is 7.92. The van der Waals surface area contributed by atoms with Gasteiger partial charge in [-0.3, -0.25) is 13.9 Å². The third-order valence-electron chi connectivity index (χ3n) is 5.98. The Morgan fingerprint density at radius 3 is 2.34 bits per heavy atom. The number of aryl methyl sites for hydroxylation is 1. The number of anilines is 1. The van der Waals surface area contributed by atoms with Crippen LogP contribution in [-0.2, 0) is 26.2 Å². The van der Waals surface area contributed by atoms with Crippen molar-refractivity contribution in [3.8, 4) is 5.75 Å². The zero-order chi connectivity index (χ0) is 27.9. The van der Waals surface area contributed by atoms with Crippen molar-refractivity contribution in [1.29, 1.82) is 0 Å². The van der Waals surface area contributed by atoms with Crippen molar-refractivity contribution in [2.45, 2.75) is 38.3 Å². The van der Waals surface area contributed by atoms with Crippen LogP contribution in [0.5, 0.6) is 5.75 Å². The molecule has 10 heteroatoms. The molecule has 0 spiro atoms. The Kier molecular flexibility index (Phi) is 9.77. The van der Waals surface area contributed by atoms with Crippen LogP contribution in [0.1, 0.15) is 25.0 Å². The summed E-state index contributed by atoms with van der Waals surface area (Å²) in [6, 6.07) is 19.0. The second kappa shape index (κ2) is 12.8. The molecule has 8 nitrogen and oxygen atoms in total. The summed E-state index contributed by atoms with van der Waals surface area (Å²) >= 11 is 5.98. The lowest BCUT2D eigenvalue weighted by atomic mass is 10.1. The molecule has 202 valence electrons. The fraction of sp³-hybridized carbons (Fsp3) is 0.286. The van der Waals surface area contributed by atoms with Gasteiger partial charge in [0.25, 0.3) is 10.0 Å². The quantitative estimate of drug-likeness (QED) is 0.377. The molecule has 0 saturated carbocycles. The third kappa shape index (κ3) is 7.05. The average molecular weight is 558 g/mol. The molecule has 2 amide bonds. The highest BCUT2D eigenvalue weighted by Gasteiger charge is 2.32. The van der Waals surface area contributed by atoms with Gasteiger partial charge >= 0.3 is 0 Å². The number of halogens is 1. The van der Waals surface area contributed by atoms with E-state index in [9.17, 15) is 18.0 Å². The van der Waals surface area contributed by atoms with Crippen LogP contribution in [0.4, 0.5) is 5.69 Å². The van der Waals surface area contributed by atoms with E-state index in [4.69, 9.17) is 16.3 Å². The Bertz CT molecular complexity index is 1380. The van der Waals surface area contributed by atoms with Crippen LogP contribution in [-0.4, -0.2) is 51.4 Å². The third-order valence-corrected chi connectivity index (χ3v) is 8.02. The number of nitrogens with one attached hydrogen (secondary N) is 1. The number of sulfonamides is 1. The van der Waals surface area contributed by atoms with Gasteiger partial charge in [-0.05, 0) is 80.4 Å². The molecule has 0 aliphatic rings. The van der Waals surface area contributed by atoms with Crippen LogP contribution < -0.4 is 14.4 Å². The van der Waals surface area contributed by atoms with E-state index in [2.05, 4.69) is 5.32 Å². The van der Waals surface area contributed by atoms with Crippen molar-refractivity contribution in [3.63, 3.8) is 0 Å². The summed E-state index contributed by atoms with van der Waals surface area (Å²) in [5.41, 5.74) is 1.90. The van der Waals surface area contributed by atoms with Gasteiger partial charge < -0.3 is 15.0 Å².